The maximum absolute atomic E-state index is 6.35. The lowest BCUT2D eigenvalue weighted by Crippen LogP contribution is -2.20. The highest BCUT2D eigenvalue weighted by Crippen LogP contribution is 2.38. The van der Waals surface area contributed by atoms with Gasteiger partial charge in [0, 0.05) is 11.9 Å². The average molecular weight is 286 g/mol. The van der Waals surface area contributed by atoms with Gasteiger partial charge in [0.2, 0.25) is 0 Å². The third kappa shape index (κ3) is 2.13. The van der Waals surface area contributed by atoms with E-state index in [4.69, 9.17) is 16.3 Å². The Balaban J connectivity index is 2.51. The lowest BCUT2D eigenvalue weighted by Gasteiger charge is -2.17. The zero-order valence-electron chi connectivity index (χ0n) is 10.8. The number of aromatic nitrogens is 2. The van der Waals surface area contributed by atoms with Crippen LogP contribution >= 0.6 is 22.9 Å². The third-order valence-corrected chi connectivity index (χ3v) is 4.70. The van der Waals surface area contributed by atoms with E-state index < -0.39 is 0 Å². The second-order valence-corrected chi connectivity index (χ2v) is 5.33. The summed E-state index contributed by atoms with van der Waals surface area (Å²) in [6, 6.07) is -0.0151. The topological polar surface area (TPSA) is 39.1 Å². The van der Waals surface area contributed by atoms with E-state index in [1.807, 2.05) is 25.7 Å². The third-order valence-electron chi connectivity index (χ3n) is 2.92. The minimum atomic E-state index is -0.0151. The summed E-state index contributed by atoms with van der Waals surface area (Å²) in [5, 5.41) is 10.4. The van der Waals surface area contributed by atoms with Gasteiger partial charge in [-0.1, -0.05) is 11.6 Å². The van der Waals surface area contributed by atoms with Gasteiger partial charge in [0.1, 0.15) is 5.69 Å². The molecule has 1 N–H and O–H groups in total. The van der Waals surface area contributed by atoms with Gasteiger partial charge in [-0.15, -0.1) is 11.3 Å². The van der Waals surface area contributed by atoms with Gasteiger partial charge in [-0.2, -0.15) is 5.10 Å². The van der Waals surface area contributed by atoms with Crippen LogP contribution in [0.25, 0.3) is 0 Å². The Labute approximate surface area is 116 Å². The van der Waals surface area contributed by atoms with Gasteiger partial charge in [0.25, 0.3) is 0 Å². The van der Waals surface area contributed by atoms with Gasteiger partial charge in [-0.05, 0) is 24.9 Å². The van der Waals surface area contributed by atoms with E-state index in [0.717, 1.165) is 26.9 Å². The maximum atomic E-state index is 6.35. The predicted octanol–water partition coefficient (Wildman–Crippen LogP) is 2.76. The van der Waals surface area contributed by atoms with Crippen LogP contribution in [-0.4, -0.2) is 23.9 Å². The van der Waals surface area contributed by atoms with Crippen molar-refractivity contribution in [1.29, 1.82) is 0 Å². The van der Waals surface area contributed by atoms with Crippen LogP contribution < -0.4 is 10.1 Å². The van der Waals surface area contributed by atoms with Crippen LogP contribution in [0, 0.1) is 6.92 Å². The van der Waals surface area contributed by atoms with Gasteiger partial charge in [0.05, 0.1) is 24.4 Å². The van der Waals surface area contributed by atoms with Gasteiger partial charge in [-0.3, -0.25) is 4.68 Å². The van der Waals surface area contributed by atoms with Crippen molar-refractivity contribution in [3.8, 4) is 5.75 Å². The average Bonchev–Trinajstić information content (AvgIpc) is 2.89. The quantitative estimate of drug-likeness (QED) is 0.939. The SMILES string of the molecule is CNC(c1scc(C)c1Cl)c1c(OC)cnn1C. The van der Waals surface area contributed by atoms with E-state index in [0.29, 0.717) is 0 Å². The van der Waals surface area contributed by atoms with Crippen molar-refractivity contribution in [2.45, 2.75) is 13.0 Å². The number of halogens is 1. The fourth-order valence-electron chi connectivity index (χ4n) is 1.95. The number of aryl methyl sites for hydroxylation is 2. The van der Waals surface area contributed by atoms with Crippen molar-refractivity contribution in [2.75, 3.05) is 14.2 Å². The molecule has 0 saturated heterocycles. The second kappa shape index (κ2) is 5.30. The smallest absolute Gasteiger partial charge is 0.161 e. The van der Waals surface area contributed by atoms with Crippen molar-refractivity contribution in [1.82, 2.24) is 15.1 Å². The van der Waals surface area contributed by atoms with E-state index in [2.05, 4.69) is 15.8 Å². The Hall–Kier alpha value is -1.04. The van der Waals surface area contributed by atoms with Gasteiger partial charge >= 0.3 is 0 Å². The Bertz CT molecular complexity index is 550. The molecule has 0 spiro atoms. The summed E-state index contributed by atoms with van der Waals surface area (Å²) in [6.07, 6.45) is 1.72. The first-order valence-electron chi connectivity index (χ1n) is 5.56. The van der Waals surface area contributed by atoms with Gasteiger partial charge in [0.15, 0.2) is 5.75 Å². The summed E-state index contributed by atoms with van der Waals surface area (Å²) in [5.41, 5.74) is 2.07. The highest BCUT2D eigenvalue weighted by molar-refractivity contribution is 7.10. The molecule has 1 unspecified atom stereocenters. The molecule has 0 aromatic carbocycles. The number of hydrogen-bond acceptors (Lipinski definition) is 4. The highest BCUT2D eigenvalue weighted by atomic mass is 35.5. The molecule has 1 atom stereocenters. The standard InChI is InChI=1S/C12H16ClN3OS/c1-7-6-18-12(9(7)13)10(14-2)11-8(17-4)5-15-16(11)3/h5-6,10,14H,1-4H3. The number of methoxy groups -OCH3 is 1. The summed E-state index contributed by atoms with van der Waals surface area (Å²) in [7, 11) is 5.45. The lowest BCUT2D eigenvalue weighted by atomic mass is 10.1. The van der Waals surface area contributed by atoms with E-state index >= 15 is 0 Å². The molecule has 0 saturated carbocycles. The molecule has 2 aromatic rings. The largest absolute Gasteiger partial charge is 0.493 e. The first-order valence-corrected chi connectivity index (χ1v) is 6.82. The Kier molecular flexibility index (Phi) is 3.94. The van der Waals surface area contributed by atoms with Crippen LogP contribution in [0.4, 0.5) is 0 Å². The molecule has 4 nitrogen and oxygen atoms in total. The molecule has 2 aromatic heterocycles. The van der Waals surface area contributed by atoms with Crippen molar-refractivity contribution in [3.63, 3.8) is 0 Å². The molecule has 98 valence electrons. The first kappa shape index (κ1) is 13.4. The van der Waals surface area contributed by atoms with Crippen molar-refractivity contribution < 1.29 is 4.74 Å². The summed E-state index contributed by atoms with van der Waals surface area (Å²) in [4.78, 5) is 1.08. The van der Waals surface area contributed by atoms with E-state index in [-0.39, 0.29) is 6.04 Å². The molecule has 6 heteroatoms. The van der Waals surface area contributed by atoms with Gasteiger partial charge < -0.3 is 10.1 Å². The molecular weight excluding hydrogens is 270 g/mol. The molecule has 0 radical (unpaired) electrons. The first-order chi connectivity index (χ1) is 8.60. The minimum absolute atomic E-state index is 0.0151. The summed E-state index contributed by atoms with van der Waals surface area (Å²) >= 11 is 7.99. The van der Waals surface area contributed by atoms with Crippen molar-refractivity contribution in [3.05, 3.63) is 32.7 Å². The molecule has 0 aliphatic rings. The van der Waals surface area contributed by atoms with E-state index in [1.165, 1.54) is 0 Å². The number of thiophene rings is 1. The normalized spacial score (nSPS) is 12.7. The summed E-state index contributed by atoms with van der Waals surface area (Å²) in [6.45, 7) is 2.01. The number of rotatable bonds is 4. The zero-order valence-corrected chi connectivity index (χ0v) is 12.4. The fraction of sp³-hybridized carbons (Fsp3) is 0.417. The molecule has 0 aliphatic carbocycles. The van der Waals surface area contributed by atoms with Crippen LogP contribution in [-0.2, 0) is 7.05 Å². The number of nitrogens with zero attached hydrogens (tertiary/aromatic N) is 2. The van der Waals surface area contributed by atoms with Crippen molar-refractivity contribution in [2.24, 2.45) is 7.05 Å². The molecule has 0 fully saturated rings. The van der Waals surface area contributed by atoms with Crippen LogP contribution in [0.1, 0.15) is 22.2 Å². The predicted molar refractivity (Wildman–Crippen MR) is 74.7 cm³/mol. The van der Waals surface area contributed by atoms with Crippen LogP contribution in [0.2, 0.25) is 5.02 Å². The molecule has 2 heterocycles. The molecule has 18 heavy (non-hydrogen) atoms. The lowest BCUT2D eigenvalue weighted by molar-refractivity contribution is 0.403. The fourth-order valence-corrected chi connectivity index (χ4v) is 3.36. The second-order valence-electron chi connectivity index (χ2n) is 4.04. The minimum Gasteiger partial charge on any atom is -0.493 e. The Morgan fingerprint density at radius 3 is 2.78 bits per heavy atom. The monoisotopic (exact) mass is 285 g/mol. The summed E-state index contributed by atoms with van der Waals surface area (Å²) < 4.78 is 7.17. The van der Waals surface area contributed by atoms with Crippen LogP contribution in [0.3, 0.4) is 0 Å². The zero-order chi connectivity index (χ0) is 13.3. The molecule has 0 bridgehead atoms. The number of hydrogen-bond donors (Lipinski definition) is 1. The van der Waals surface area contributed by atoms with Crippen LogP contribution in [0.15, 0.2) is 11.6 Å². The summed E-state index contributed by atoms with van der Waals surface area (Å²) in [5.74, 6) is 0.763. The molecule has 2 rings (SSSR count). The number of nitrogens with one attached hydrogen (secondary N) is 1. The molecule has 0 amide bonds. The Morgan fingerprint density at radius 1 is 1.56 bits per heavy atom. The maximum Gasteiger partial charge on any atom is 0.161 e. The van der Waals surface area contributed by atoms with Crippen LogP contribution in [0.5, 0.6) is 5.75 Å². The molecular formula is C12H16ClN3OS. The van der Waals surface area contributed by atoms with E-state index in [9.17, 15) is 0 Å². The molecule has 0 aliphatic heterocycles. The van der Waals surface area contributed by atoms with E-state index in [1.54, 1.807) is 24.6 Å². The van der Waals surface area contributed by atoms with Crippen molar-refractivity contribution >= 4 is 22.9 Å². The number of ether oxygens (including phenoxy) is 1. The van der Waals surface area contributed by atoms with Gasteiger partial charge in [-0.25, -0.2) is 0 Å². The Morgan fingerprint density at radius 2 is 2.28 bits per heavy atom. The highest BCUT2D eigenvalue weighted by Gasteiger charge is 2.24.